The third-order valence-corrected chi connectivity index (χ3v) is 3.28. The average Bonchev–Trinajstić information content (AvgIpc) is 2.43. The van der Waals surface area contributed by atoms with Crippen molar-refractivity contribution in [1.29, 1.82) is 0 Å². The number of ether oxygens (including phenoxy) is 1. The number of carboxylic acids is 1. The first-order valence-corrected chi connectivity index (χ1v) is 6.29. The first-order chi connectivity index (χ1) is 9.13. The highest BCUT2D eigenvalue weighted by Crippen LogP contribution is 2.28. The van der Waals surface area contributed by atoms with Gasteiger partial charge in [-0.05, 0) is 18.1 Å². The Morgan fingerprint density at radius 2 is 2.16 bits per heavy atom. The quantitative estimate of drug-likeness (QED) is 0.887. The van der Waals surface area contributed by atoms with Crippen LogP contribution in [0.15, 0.2) is 24.3 Å². The largest absolute Gasteiger partial charge is 0.481 e. The molecule has 0 bridgehead atoms. The van der Waals surface area contributed by atoms with Crippen molar-refractivity contribution >= 4 is 11.9 Å². The maximum Gasteiger partial charge on any atom is 0.312 e. The second kappa shape index (κ2) is 5.84. The van der Waals surface area contributed by atoms with Crippen LogP contribution in [0.25, 0.3) is 0 Å². The molecule has 1 heterocycles. The summed E-state index contributed by atoms with van der Waals surface area (Å²) >= 11 is 0. The van der Waals surface area contributed by atoms with E-state index in [-0.39, 0.29) is 19.1 Å². The smallest absolute Gasteiger partial charge is 0.312 e. The van der Waals surface area contributed by atoms with Crippen molar-refractivity contribution in [2.45, 2.75) is 19.4 Å². The summed E-state index contributed by atoms with van der Waals surface area (Å²) in [5, 5.41) is 9.29. The second-order valence-electron chi connectivity index (χ2n) is 4.50. The summed E-state index contributed by atoms with van der Waals surface area (Å²) in [6, 6.07) is 7.37. The monoisotopic (exact) mass is 263 g/mol. The third kappa shape index (κ3) is 2.93. The Hall–Kier alpha value is -1.88. The predicted octanol–water partition coefficient (Wildman–Crippen LogP) is 1.23. The standard InChI is InChI=1S/C14H17NO4/c1-2-19-9-13(16)15-7-10-5-3-4-6-11(10)12(8-15)14(17)18/h3-6,12H,2,7-9H2,1H3,(H,17,18). The summed E-state index contributed by atoms with van der Waals surface area (Å²) in [7, 11) is 0. The molecule has 0 spiro atoms. The number of carbonyl (C=O) groups excluding carboxylic acids is 1. The molecule has 1 amide bonds. The summed E-state index contributed by atoms with van der Waals surface area (Å²) in [5.41, 5.74) is 1.70. The fraction of sp³-hybridized carbons (Fsp3) is 0.429. The fourth-order valence-electron chi connectivity index (χ4n) is 2.29. The molecule has 5 heteroatoms. The molecule has 5 nitrogen and oxygen atoms in total. The minimum Gasteiger partial charge on any atom is -0.481 e. The molecule has 102 valence electrons. The van der Waals surface area contributed by atoms with Crippen molar-refractivity contribution in [3.63, 3.8) is 0 Å². The van der Waals surface area contributed by atoms with Crippen LogP contribution in [-0.2, 0) is 20.9 Å². The van der Waals surface area contributed by atoms with Crippen molar-refractivity contribution in [3.8, 4) is 0 Å². The van der Waals surface area contributed by atoms with Crippen molar-refractivity contribution < 1.29 is 19.4 Å². The number of rotatable bonds is 4. The Morgan fingerprint density at radius 1 is 1.42 bits per heavy atom. The number of aliphatic carboxylic acids is 1. The first-order valence-electron chi connectivity index (χ1n) is 6.29. The van der Waals surface area contributed by atoms with E-state index in [1.54, 1.807) is 4.90 Å². The molecule has 1 aliphatic rings. The minimum atomic E-state index is -0.902. The van der Waals surface area contributed by atoms with Crippen LogP contribution >= 0.6 is 0 Å². The van der Waals surface area contributed by atoms with Crippen LogP contribution in [0, 0.1) is 0 Å². The van der Waals surface area contributed by atoms with E-state index < -0.39 is 11.9 Å². The van der Waals surface area contributed by atoms with Crippen LogP contribution in [0.5, 0.6) is 0 Å². The van der Waals surface area contributed by atoms with Gasteiger partial charge in [-0.3, -0.25) is 9.59 Å². The molecule has 1 unspecified atom stereocenters. The summed E-state index contributed by atoms with van der Waals surface area (Å²) < 4.78 is 5.09. The number of carboxylic acid groups (broad SMARTS) is 1. The summed E-state index contributed by atoms with van der Waals surface area (Å²) in [5.74, 6) is -1.72. The van der Waals surface area contributed by atoms with E-state index in [9.17, 15) is 14.7 Å². The lowest BCUT2D eigenvalue weighted by atomic mass is 9.90. The van der Waals surface area contributed by atoms with E-state index in [1.807, 2.05) is 31.2 Å². The molecule has 0 aromatic heterocycles. The van der Waals surface area contributed by atoms with E-state index >= 15 is 0 Å². The fourth-order valence-corrected chi connectivity index (χ4v) is 2.29. The molecule has 19 heavy (non-hydrogen) atoms. The summed E-state index contributed by atoms with van der Waals surface area (Å²) in [6.07, 6.45) is 0. The number of amides is 1. The molecule has 1 aromatic carbocycles. The SMILES string of the molecule is CCOCC(=O)N1Cc2ccccc2C(C(=O)O)C1. The zero-order valence-electron chi connectivity index (χ0n) is 10.8. The Labute approximate surface area is 111 Å². The van der Waals surface area contributed by atoms with Crippen LogP contribution in [0.1, 0.15) is 24.0 Å². The molecule has 0 saturated heterocycles. The van der Waals surface area contributed by atoms with E-state index in [0.717, 1.165) is 11.1 Å². The van der Waals surface area contributed by atoms with Gasteiger partial charge < -0.3 is 14.7 Å². The van der Waals surface area contributed by atoms with Crippen LogP contribution in [0.3, 0.4) is 0 Å². The van der Waals surface area contributed by atoms with E-state index in [1.165, 1.54) is 0 Å². The number of hydrogen-bond acceptors (Lipinski definition) is 3. The zero-order chi connectivity index (χ0) is 13.8. The Kier molecular flexibility index (Phi) is 4.16. The second-order valence-corrected chi connectivity index (χ2v) is 4.50. The van der Waals surface area contributed by atoms with E-state index in [4.69, 9.17) is 4.74 Å². The maximum absolute atomic E-state index is 11.9. The molecule has 0 fully saturated rings. The lowest BCUT2D eigenvalue weighted by molar-refractivity contribution is -0.142. The molecule has 0 aliphatic carbocycles. The van der Waals surface area contributed by atoms with Crippen molar-refractivity contribution in [2.75, 3.05) is 19.8 Å². The van der Waals surface area contributed by atoms with Gasteiger partial charge in [-0.1, -0.05) is 24.3 Å². The predicted molar refractivity (Wildman–Crippen MR) is 68.7 cm³/mol. The van der Waals surface area contributed by atoms with Crippen molar-refractivity contribution in [3.05, 3.63) is 35.4 Å². The minimum absolute atomic E-state index is 0.00497. The number of nitrogens with zero attached hydrogens (tertiary/aromatic N) is 1. The Balaban J connectivity index is 2.20. The van der Waals surface area contributed by atoms with Gasteiger partial charge in [-0.2, -0.15) is 0 Å². The lowest BCUT2D eigenvalue weighted by Gasteiger charge is -2.32. The highest BCUT2D eigenvalue weighted by molar-refractivity contribution is 5.82. The molecule has 1 aliphatic heterocycles. The van der Waals surface area contributed by atoms with Gasteiger partial charge in [-0.15, -0.1) is 0 Å². The Bertz CT molecular complexity index is 486. The van der Waals surface area contributed by atoms with Gasteiger partial charge in [0.25, 0.3) is 0 Å². The van der Waals surface area contributed by atoms with Gasteiger partial charge in [0, 0.05) is 19.7 Å². The molecule has 0 radical (unpaired) electrons. The molecule has 0 saturated carbocycles. The normalized spacial score (nSPS) is 17.9. The van der Waals surface area contributed by atoms with E-state index in [0.29, 0.717) is 13.2 Å². The number of benzene rings is 1. The van der Waals surface area contributed by atoms with Crippen LogP contribution in [-0.4, -0.2) is 41.6 Å². The number of hydrogen-bond donors (Lipinski definition) is 1. The molecule has 1 atom stereocenters. The van der Waals surface area contributed by atoms with Crippen molar-refractivity contribution in [2.24, 2.45) is 0 Å². The van der Waals surface area contributed by atoms with Gasteiger partial charge in [0.1, 0.15) is 6.61 Å². The van der Waals surface area contributed by atoms with Crippen LogP contribution in [0.2, 0.25) is 0 Å². The van der Waals surface area contributed by atoms with Gasteiger partial charge >= 0.3 is 5.97 Å². The summed E-state index contributed by atoms with van der Waals surface area (Å²) in [6.45, 7) is 2.95. The van der Waals surface area contributed by atoms with Gasteiger partial charge in [-0.25, -0.2) is 0 Å². The van der Waals surface area contributed by atoms with Gasteiger partial charge in [0.15, 0.2) is 0 Å². The molecular weight excluding hydrogens is 246 g/mol. The lowest BCUT2D eigenvalue weighted by Crippen LogP contribution is -2.42. The molecule has 2 rings (SSSR count). The number of carbonyl (C=O) groups is 2. The van der Waals surface area contributed by atoms with Crippen LogP contribution < -0.4 is 0 Å². The Morgan fingerprint density at radius 3 is 2.84 bits per heavy atom. The van der Waals surface area contributed by atoms with E-state index in [2.05, 4.69) is 0 Å². The molecule has 1 aromatic rings. The maximum atomic E-state index is 11.9. The van der Waals surface area contributed by atoms with Gasteiger partial charge in [0.05, 0.1) is 5.92 Å². The molecule has 1 N–H and O–H groups in total. The topological polar surface area (TPSA) is 66.8 Å². The van der Waals surface area contributed by atoms with Crippen molar-refractivity contribution in [1.82, 2.24) is 4.90 Å². The average molecular weight is 263 g/mol. The summed E-state index contributed by atoms with van der Waals surface area (Å²) in [4.78, 5) is 24.8. The molecular formula is C14H17NO4. The van der Waals surface area contributed by atoms with Crippen LogP contribution in [0.4, 0.5) is 0 Å². The highest BCUT2D eigenvalue weighted by atomic mass is 16.5. The third-order valence-electron chi connectivity index (χ3n) is 3.28. The highest BCUT2D eigenvalue weighted by Gasteiger charge is 2.32. The number of fused-ring (bicyclic) bond motifs is 1. The van der Waals surface area contributed by atoms with Gasteiger partial charge in [0.2, 0.25) is 5.91 Å². The first kappa shape index (κ1) is 13.5. The zero-order valence-corrected chi connectivity index (χ0v) is 10.8.